The van der Waals surface area contributed by atoms with Gasteiger partial charge in [-0.1, -0.05) is 12.1 Å². The molecule has 1 atom stereocenters. The third kappa shape index (κ3) is 3.27. The number of carboxylic acid groups (broad SMARTS) is 1. The predicted molar refractivity (Wildman–Crippen MR) is 96.5 cm³/mol. The van der Waals surface area contributed by atoms with Crippen LogP contribution < -0.4 is 0 Å². The first kappa shape index (κ1) is 19.1. The zero-order chi connectivity index (χ0) is 20.6. The molecule has 0 radical (unpaired) electrons. The van der Waals surface area contributed by atoms with Gasteiger partial charge in [-0.25, -0.2) is 9.18 Å². The number of furan rings is 1. The number of amides is 2. The molecule has 1 aromatic heterocycles. The van der Waals surface area contributed by atoms with Crippen molar-refractivity contribution in [2.45, 2.75) is 24.6 Å². The number of rotatable bonds is 3. The van der Waals surface area contributed by atoms with Crippen LogP contribution in [0.4, 0.5) is 4.39 Å². The summed E-state index contributed by atoms with van der Waals surface area (Å²) in [6.07, 6.45) is 1.76. The Balaban J connectivity index is 1.55. The van der Waals surface area contributed by atoms with E-state index in [4.69, 9.17) is 9.15 Å². The zero-order valence-electron chi connectivity index (χ0n) is 15.4. The van der Waals surface area contributed by atoms with Crippen molar-refractivity contribution in [2.75, 3.05) is 19.7 Å². The summed E-state index contributed by atoms with van der Waals surface area (Å²) in [5.74, 6) is -2.78. The van der Waals surface area contributed by atoms with E-state index in [9.17, 15) is 23.9 Å². The van der Waals surface area contributed by atoms with Gasteiger partial charge in [0.2, 0.25) is 0 Å². The van der Waals surface area contributed by atoms with Crippen LogP contribution in [0.3, 0.4) is 0 Å². The SMILES string of the molecule is O=C(O)[C@@H]1COC2(CCN(C(=O)c3ccccc3F)CC2)N1C(=O)c1ccco1. The van der Waals surface area contributed by atoms with Crippen LogP contribution in [0.5, 0.6) is 0 Å². The number of carboxylic acids is 1. The van der Waals surface area contributed by atoms with Crippen LogP contribution in [0.1, 0.15) is 33.8 Å². The minimum absolute atomic E-state index is 0.0194. The van der Waals surface area contributed by atoms with Gasteiger partial charge < -0.3 is 19.2 Å². The Morgan fingerprint density at radius 1 is 1.07 bits per heavy atom. The minimum Gasteiger partial charge on any atom is -0.480 e. The molecule has 1 aromatic carbocycles. The van der Waals surface area contributed by atoms with Crippen LogP contribution in [0.15, 0.2) is 47.1 Å². The largest absolute Gasteiger partial charge is 0.480 e. The van der Waals surface area contributed by atoms with Gasteiger partial charge in [0.1, 0.15) is 11.5 Å². The minimum atomic E-state index is -1.17. The fraction of sp³-hybridized carbons (Fsp3) is 0.350. The van der Waals surface area contributed by atoms with E-state index in [2.05, 4.69) is 0 Å². The van der Waals surface area contributed by atoms with Gasteiger partial charge >= 0.3 is 5.97 Å². The molecule has 0 aliphatic carbocycles. The summed E-state index contributed by atoms with van der Waals surface area (Å²) in [5, 5.41) is 9.55. The summed E-state index contributed by atoms with van der Waals surface area (Å²) in [6, 6.07) is 7.59. The predicted octanol–water partition coefficient (Wildman–Crippen LogP) is 1.98. The summed E-state index contributed by atoms with van der Waals surface area (Å²) >= 11 is 0. The number of likely N-dealkylation sites (tertiary alicyclic amines) is 1. The molecule has 4 rings (SSSR count). The first-order chi connectivity index (χ1) is 13.9. The van der Waals surface area contributed by atoms with Crippen molar-refractivity contribution in [1.29, 1.82) is 0 Å². The molecule has 2 aliphatic heterocycles. The molecule has 2 saturated heterocycles. The van der Waals surface area contributed by atoms with Crippen LogP contribution in [-0.4, -0.2) is 64.2 Å². The van der Waals surface area contributed by atoms with Gasteiger partial charge in [0.25, 0.3) is 11.8 Å². The second-order valence-electron chi connectivity index (χ2n) is 7.04. The van der Waals surface area contributed by atoms with E-state index in [-0.39, 0.29) is 43.9 Å². The molecule has 8 nitrogen and oxygen atoms in total. The Morgan fingerprint density at radius 3 is 2.41 bits per heavy atom. The molecule has 2 aliphatic rings. The maximum Gasteiger partial charge on any atom is 0.328 e. The molecular formula is C20H19FN2O6. The number of halogens is 1. The number of carbonyl (C=O) groups is 3. The summed E-state index contributed by atoms with van der Waals surface area (Å²) in [6.45, 7) is 0.242. The molecule has 0 saturated carbocycles. The number of aliphatic carboxylic acids is 1. The van der Waals surface area contributed by atoms with Gasteiger partial charge in [-0.3, -0.25) is 14.5 Å². The average molecular weight is 402 g/mol. The highest BCUT2D eigenvalue weighted by molar-refractivity contribution is 5.96. The van der Waals surface area contributed by atoms with Gasteiger partial charge in [-0.2, -0.15) is 0 Å². The molecule has 0 unspecified atom stereocenters. The first-order valence-electron chi connectivity index (χ1n) is 9.21. The molecule has 9 heteroatoms. The van der Waals surface area contributed by atoms with Crippen LogP contribution >= 0.6 is 0 Å². The molecule has 2 amide bonds. The fourth-order valence-electron chi connectivity index (χ4n) is 3.94. The van der Waals surface area contributed by atoms with Crippen molar-refractivity contribution in [3.05, 3.63) is 59.8 Å². The number of ether oxygens (including phenoxy) is 1. The van der Waals surface area contributed by atoms with Crippen LogP contribution in [-0.2, 0) is 9.53 Å². The van der Waals surface area contributed by atoms with E-state index in [1.165, 1.54) is 40.3 Å². The smallest absolute Gasteiger partial charge is 0.328 e. The van der Waals surface area contributed by atoms with Crippen molar-refractivity contribution in [2.24, 2.45) is 0 Å². The normalized spacial score (nSPS) is 20.8. The lowest BCUT2D eigenvalue weighted by molar-refractivity contribution is -0.143. The fourth-order valence-corrected chi connectivity index (χ4v) is 3.94. The Morgan fingerprint density at radius 2 is 1.79 bits per heavy atom. The number of benzene rings is 1. The summed E-state index contributed by atoms with van der Waals surface area (Å²) in [4.78, 5) is 40.0. The lowest BCUT2D eigenvalue weighted by Gasteiger charge is -2.43. The molecule has 2 aromatic rings. The van der Waals surface area contributed by atoms with Crippen molar-refractivity contribution >= 4 is 17.8 Å². The molecule has 1 spiro atoms. The number of hydrogen-bond acceptors (Lipinski definition) is 5. The first-order valence-corrected chi connectivity index (χ1v) is 9.21. The van der Waals surface area contributed by atoms with Crippen molar-refractivity contribution in [3.63, 3.8) is 0 Å². The van der Waals surface area contributed by atoms with Gasteiger partial charge in [-0.05, 0) is 24.3 Å². The van der Waals surface area contributed by atoms with E-state index in [1.807, 2.05) is 0 Å². The standard InChI is InChI=1S/C20H19FN2O6/c21-14-5-2-1-4-13(14)17(24)22-9-7-20(8-10-22)23(15(12-29-20)19(26)27)18(25)16-6-3-11-28-16/h1-6,11,15H,7-10,12H2,(H,26,27)/t15-/m0/s1. The third-order valence-corrected chi connectivity index (χ3v) is 5.43. The highest BCUT2D eigenvalue weighted by atomic mass is 19.1. The molecule has 2 fully saturated rings. The van der Waals surface area contributed by atoms with Gasteiger partial charge in [-0.15, -0.1) is 0 Å². The van der Waals surface area contributed by atoms with E-state index in [0.29, 0.717) is 0 Å². The molecule has 29 heavy (non-hydrogen) atoms. The topological polar surface area (TPSA) is 100 Å². The second-order valence-corrected chi connectivity index (χ2v) is 7.04. The van der Waals surface area contributed by atoms with E-state index < -0.39 is 35.4 Å². The van der Waals surface area contributed by atoms with Crippen molar-refractivity contribution in [3.8, 4) is 0 Å². The maximum atomic E-state index is 14.0. The lowest BCUT2D eigenvalue weighted by atomic mass is 9.96. The quantitative estimate of drug-likeness (QED) is 0.843. The van der Waals surface area contributed by atoms with E-state index >= 15 is 0 Å². The summed E-state index contributed by atoms with van der Waals surface area (Å²) in [7, 11) is 0. The Bertz CT molecular complexity index is 936. The summed E-state index contributed by atoms with van der Waals surface area (Å²) in [5.41, 5.74) is -1.18. The number of nitrogens with zero attached hydrogens (tertiary/aromatic N) is 2. The molecular weight excluding hydrogens is 383 g/mol. The van der Waals surface area contributed by atoms with E-state index in [1.54, 1.807) is 12.1 Å². The lowest BCUT2D eigenvalue weighted by Crippen LogP contribution is -2.58. The molecule has 152 valence electrons. The number of carbonyl (C=O) groups excluding carboxylic acids is 2. The van der Waals surface area contributed by atoms with Crippen LogP contribution in [0.2, 0.25) is 0 Å². The Labute approximate surface area is 165 Å². The van der Waals surface area contributed by atoms with Crippen molar-refractivity contribution < 1.29 is 33.0 Å². The maximum absolute atomic E-state index is 14.0. The second kappa shape index (κ2) is 7.32. The Hall–Kier alpha value is -3.20. The van der Waals surface area contributed by atoms with E-state index in [0.717, 1.165) is 0 Å². The molecule has 0 bridgehead atoms. The highest BCUT2D eigenvalue weighted by Crippen LogP contribution is 2.38. The summed E-state index contributed by atoms with van der Waals surface area (Å²) < 4.78 is 24.9. The Kier molecular flexibility index (Phi) is 4.83. The van der Waals surface area contributed by atoms with Gasteiger partial charge in [0.05, 0.1) is 18.4 Å². The highest BCUT2D eigenvalue weighted by Gasteiger charge is 2.55. The number of piperidine rings is 1. The molecule has 3 heterocycles. The zero-order valence-corrected chi connectivity index (χ0v) is 15.4. The molecule has 1 N–H and O–H groups in total. The van der Waals surface area contributed by atoms with Gasteiger partial charge in [0.15, 0.2) is 11.8 Å². The average Bonchev–Trinajstić information content (AvgIpc) is 3.37. The van der Waals surface area contributed by atoms with Crippen LogP contribution in [0, 0.1) is 5.82 Å². The number of hydrogen-bond donors (Lipinski definition) is 1. The van der Waals surface area contributed by atoms with Crippen LogP contribution in [0.25, 0.3) is 0 Å². The van der Waals surface area contributed by atoms with Crippen molar-refractivity contribution in [1.82, 2.24) is 9.80 Å². The van der Waals surface area contributed by atoms with Gasteiger partial charge in [0, 0.05) is 25.9 Å². The monoisotopic (exact) mass is 402 g/mol. The third-order valence-electron chi connectivity index (χ3n) is 5.43.